The molecule has 2 atom stereocenters. The zero-order valence-corrected chi connectivity index (χ0v) is 26.0. The third-order valence-corrected chi connectivity index (χ3v) is 6.71. The zero-order chi connectivity index (χ0) is 30.5. The molecule has 0 saturated heterocycles. The first-order valence-corrected chi connectivity index (χ1v) is 14.2. The van der Waals surface area contributed by atoms with Crippen molar-refractivity contribution < 1.29 is 28.7 Å². The Kier molecular flexibility index (Phi) is 11.1. The fourth-order valence-corrected chi connectivity index (χ4v) is 4.63. The minimum atomic E-state index is -1.46. The summed E-state index contributed by atoms with van der Waals surface area (Å²) in [6.07, 6.45) is 0.198. The molecule has 3 rings (SSSR count). The Hall–Kier alpha value is -2.79. The summed E-state index contributed by atoms with van der Waals surface area (Å²) in [4.78, 5) is 47.6. The summed E-state index contributed by atoms with van der Waals surface area (Å²) < 4.78 is 10.7. The zero-order valence-electron chi connectivity index (χ0n) is 23.0. The van der Waals surface area contributed by atoms with Gasteiger partial charge >= 0.3 is 12.1 Å². The number of ether oxygens (including phenoxy) is 2. The number of aromatic nitrogens is 1. The molecule has 1 aromatic heterocycles. The molecule has 2 unspecified atom stereocenters. The molecule has 0 bridgehead atoms. The number of nitrogens with zero attached hydrogens (tertiary/aromatic N) is 3. The number of pyridine rings is 1. The van der Waals surface area contributed by atoms with Gasteiger partial charge in [-0.05, 0) is 51.0 Å². The van der Waals surface area contributed by atoms with Gasteiger partial charge in [-0.3, -0.25) is 14.7 Å². The second-order valence-corrected chi connectivity index (χ2v) is 12.3. The maximum Gasteiger partial charge on any atom is 0.409 e. The van der Waals surface area contributed by atoms with E-state index in [2.05, 4.69) is 15.5 Å². The van der Waals surface area contributed by atoms with Crippen LogP contribution in [0.15, 0.2) is 41.7 Å². The summed E-state index contributed by atoms with van der Waals surface area (Å²) in [6.45, 7) is 8.08. The molecule has 14 heteroatoms. The van der Waals surface area contributed by atoms with Crippen LogP contribution in [0.5, 0.6) is 0 Å². The van der Waals surface area contributed by atoms with Gasteiger partial charge in [-0.1, -0.05) is 71.5 Å². The van der Waals surface area contributed by atoms with Crippen LogP contribution >= 0.6 is 46.4 Å². The topological polar surface area (TPSA) is 119 Å². The molecule has 41 heavy (non-hydrogen) atoms. The van der Waals surface area contributed by atoms with Crippen molar-refractivity contribution in [3.05, 3.63) is 57.8 Å². The van der Waals surface area contributed by atoms with E-state index in [9.17, 15) is 14.4 Å². The van der Waals surface area contributed by atoms with E-state index in [1.54, 1.807) is 58.9 Å². The number of rotatable bonds is 9. The quantitative estimate of drug-likeness (QED) is 0.189. The van der Waals surface area contributed by atoms with Crippen LogP contribution < -0.4 is 10.2 Å². The van der Waals surface area contributed by atoms with E-state index in [1.807, 2.05) is 0 Å². The van der Waals surface area contributed by atoms with Crippen LogP contribution in [0.3, 0.4) is 0 Å². The highest BCUT2D eigenvalue weighted by molar-refractivity contribution is 6.54. The maximum absolute atomic E-state index is 12.9. The van der Waals surface area contributed by atoms with Crippen LogP contribution in [-0.4, -0.2) is 51.9 Å². The van der Waals surface area contributed by atoms with Crippen LogP contribution in [0.25, 0.3) is 0 Å². The lowest BCUT2D eigenvalue weighted by Gasteiger charge is -2.27. The largest absolute Gasteiger partial charge is 0.458 e. The number of nitrogens with one attached hydrogen (secondary N) is 1. The average molecular weight is 648 g/mol. The predicted molar refractivity (Wildman–Crippen MR) is 158 cm³/mol. The van der Waals surface area contributed by atoms with E-state index in [4.69, 9.17) is 60.7 Å². The fourth-order valence-electron chi connectivity index (χ4n) is 3.78. The first kappa shape index (κ1) is 32.7. The van der Waals surface area contributed by atoms with E-state index in [0.717, 1.165) is 4.90 Å². The van der Waals surface area contributed by atoms with E-state index in [1.165, 1.54) is 12.3 Å². The minimum absolute atomic E-state index is 0.277. The third kappa shape index (κ3) is 8.85. The van der Waals surface area contributed by atoms with E-state index in [-0.39, 0.29) is 11.6 Å². The minimum Gasteiger partial charge on any atom is -0.458 e. The number of alkyl halides is 2. The third-order valence-electron chi connectivity index (χ3n) is 5.70. The highest BCUT2D eigenvalue weighted by atomic mass is 35.5. The number of anilines is 1. The van der Waals surface area contributed by atoms with Crippen LogP contribution in [0.4, 0.5) is 10.5 Å². The van der Waals surface area contributed by atoms with Gasteiger partial charge in [0, 0.05) is 18.2 Å². The summed E-state index contributed by atoms with van der Waals surface area (Å²) in [5, 5.41) is 7.47. The molecule has 2 heterocycles. The first-order valence-electron chi connectivity index (χ1n) is 12.6. The Bertz CT molecular complexity index is 1290. The molecular formula is C27H30Cl4N4O6. The molecule has 222 valence electrons. The van der Waals surface area contributed by atoms with Crippen molar-refractivity contribution >= 4 is 75.8 Å². The molecule has 2 amide bonds. The van der Waals surface area contributed by atoms with Crippen molar-refractivity contribution in [2.45, 2.75) is 63.6 Å². The van der Waals surface area contributed by atoms with E-state index in [0.29, 0.717) is 33.4 Å². The Labute approximate surface area is 258 Å². The number of hydrogen-bond donors (Lipinski definition) is 1. The molecule has 10 nitrogen and oxygen atoms in total. The second kappa shape index (κ2) is 13.9. The molecule has 0 spiro atoms. The van der Waals surface area contributed by atoms with Gasteiger partial charge in [0.25, 0.3) is 5.91 Å². The number of alkyl carbamates (subject to hydrolysis) is 1. The SMILES string of the molecule is CC(C)C(NC(=O)OCN(C(=O)C(Cl)Cl)c1ccnc(C2CC(c3c(Cl)cccc3Cl)=NO2)c1)C(=O)OC(C)(C)C. The number of halogens is 4. The smallest absolute Gasteiger partial charge is 0.409 e. The van der Waals surface area contributed by atoms with Gasteiger partial charge in [0.1, 0.15) is 11.6 Å². The molecule has 0 aliphatic carbocycles. The summed E-state index contributed by atoms with van der Waals surface area (Å²) in [5.41, 5.74) is 1.06. The normalized spacial score (nSPS) is 15.7. The second-order valence-electron chi connectivity index (χ2n) is 10.4. The summed E-state index contributed by atoms with van der Waals surface area (Å²) >= 11 is 24.4. The molecule has 0 radical (unpaired) electrons. The van der Waals surface area contributed by atoms with Crippen LogP contribution in [0, 0.1) is 5.92 Å². The van der Waals surface area contributed by atoms with Gasteiger partial charge in [0.2, 0.25) is 0 Å². The Morgan fingerprint density at radius 3 is 2.39 bits per heavy atom. The van der Waals surface area contributed by atoms with Crippen molar-refractivity contribution in [2.24, 2.45) is 11.1 Å². The monoisotopic (exact) mass is 646 g/mol. The Morgan fingerprint density at radius 1 is 1.15 bits per heavy atom. The van der Waals surface area contributed by atoms with Crippen molar-refractivity contribution in [3.63, 3.8) is 0 Å². The van der Waals surface area contributed by atoms with Gasteiger partial charge in [0.05, 0.1) is 27.1 Å². The Balaban J connectivity index is 1.74. The van der Waals surface area contributed by atoms with Crippen molar-refractivity contribution in [1.82, 2.24) is 10.3 Å². The molecule has 2 aromatic rings. The molecule has 0 fully saturated rings. The molecule has 0 saturated carbocycles. The van der Waals surface area contributed by atoms with Gasteiger partial charge in [0.15, 0.2) is 17.7 Å². The van der Waals surface area contributed by atoms with Gasteiger partial charge < -0.3 is 19.6 Å². The number of amides is 2. The average Bonchev–Trinajstić information content (AvgIpc) is 3.36. The van der Waals surface area contributed by atoms with Crippen LogP contribution in [0.2, 0.25) is 10.0 Å². The molecular weight excluding hydrogens is 618 g/mol. The lowest BCUT2D eigenvalue weighted by atomic mass is 10.0. The summed E-state index contributed by atoms with van der Waals surface area (Å²) in [7, 11) is 0. The van der Waals surface area contributed by atoms with Gasteiger partial charge in [-0.15, -0.1) is 0 Å². The number of carbonyl (C=O) groups is 3. The standard InChI is InChI=1S/C27H30Cl4N4O6/c1-14(2)22(25(37)40-27(3,4)5)33-26(38)39-13-35(24(36)23(30)31)15-9-10-32-18(11-15)20-12-19(34-41-20)21-16(28)7-6-8-17(21)29/h6-11,14,20,22-23H,12-13H2,1-5H3,(H,33,38). The number of hydrogen-bond acceptors (Lipinski definition) is 8. The van der Waals surface area contributed by atoms with Crippen molar-refractivity contribution in [1.29, 1.82) is 0 Å². The van der Waals surface area contributed by atoms with Gasteiger partial charge in [-0.25, -0.2) is 9.59 Å². The van der Waals surface area contributed by atoms with Crippen molar-refractivity contribution in [2.75, 3.05) is 11.6 Å². The van der Waals surface area contributed by atoms with E-state index >= 15 is 0 Å². The Morgan fingerprint density at radius 2 is 1.80 bits per heavy atom. The number of oxime groups is 1. The first-order chi connectivity index (χ1) is 19.2. The van der Waals surface area contributed by atoms with Gasteiger partial charge in [-0.2, -0.15) is 0 Å². The highest BCUT2D eigenvalue weighted by Gasteiger charge is 2.32. The van der Waals surface area contributed by atoms with Crippen molar-refractivity contribution in [3.8, 4) is 0 Å². The lowest BCUT2D eigenvalue weighted by Crippen LogP contribution is -2.48. The van der Waals surface area contributed by atoms with E-state index < -0.39 is 47.3 Å². The fraction of sp³-hybridized carbons (Fsp3) is 0.444. The van der Waals surface area contributed by atoms with Crippen LogP contribution in [0.1, 0.15) is 58.4 Å². The van der Waals surface area contributed by atoms with Crippen LogP contribution in [-0.2, 0) is 23.9 Å². The molecule has 1 aliphatic rings. The molecule has 1 aliphatic heterocycles. The number of carbonyl (C=O) groups excluding carboxylic acids is 3. The lowest BCUT2D eigenvalue weighted by molar-refractivity contribution is -0.158. The maximum atomic E-state index is 12.9. The molecule has 1 aromatic carbocycles. The summed E-state index contributed by atoms with van der Waals surface area (Å²) in [5.74, 6) is -1.67. The highest BCUT2D eigenvalue weighted by Crippen LogP contribution is 2.35. The number of esters is 1. The predicted octanol–water partition coefficient (Wildman–Crippen LogP) is 6.44. The summed E-state index contributed by atoms with van der Waals surface area (Å²) in [6, 6.07) is 7.21. The molecule has 1 N–H and O–H groups in total. The number of benzene rings is 1.